The topological polar surface area (TPSA) is 6.48 Å². The molecule has 2 fully saturated rings. The van der Waals surface area contributed by atoms with E-state index in [1.807, 2.05) is 0 Å². The Bertz CT molecular complexity index is 290. The minimum absolute atomic E-state index is 0.124. The molecule has 0 N–H and O–H groups in total. The zero-order valence-corrected chi connectivity index (χ0v) is 15.3. The first-order valence-corrected chi connectivity index (χ1v) is 10.7. The van der Waals surface area contributed by atoms with Gasteiger partial charge in [0.15, 0.2) is 0 Å². The van der Waals surface area contributed by atoms with Gasteiger partial charge in [0.1, 0.15) is 0 Å². The molecule has 2 aliphatic rings. The van der Waals surface area contributed by atoms with Gasteiger partial charge < -0.3 is 4.90 Å². The van der Waals surface area contributed by atoms with Crippen LogP contribution in [0.2, 0.25) is 0 Å². The highest BCUT2D eigenvalue weighted by molar-refractivity contribution is 8.13. The predicted molar refractivity (Wildman–Crippen MR) is 93.8 cm³/mol. The molecule has 0 amide bonds. The predicted octanol–water partition coefficient (Wildman–Crippen LogP) is 3.63. The number of rotatable bonds is 3. The molecule has 0 unspecified atom stereocenters. The van der Waals surface area contributed by atoms with E-state index in [4.69, 9.17) is 0 Å². The van der Waals surface area contributed by atoms with E-state index in [0.717, 1.165) is 11.8 Å². The molecule has 0 saturated carbocycles. The highest BCUT2D eigenvalue weighted by Gasteiger charge is 2.30. The van der Waals surface area contributed by atoms with Crippen LogP contribution in [0.4, 0.5) is 0 Å². The number of nitrogens with zero attached hydrogens (tertiary/aromatic N) is 2. The Kier molecular flexibility index (Phi) is 5.84. The van der Waals surface area contributed by atoms with E-state index in [-0.39, 0.29) is 11.1 Å². The van der Waals surface area contributed by atoms with Gasteiger partial charge in [0.25, 0.3) is 0 Å². The summed E-state index contributed by atoms with van der Waals surface area (Å²) in [7, 11) is 0. The van der Waals surface area contributed by atoms with Gasteiger partial charge in [-0.25, -0.2) is 11.1 Å². The van der Waals surface area contributed by atoms with E-state index in [1.165, 1.54) is 58.4 Å². The smallest absolute Gasteiger partial charge is 0.0112 e. The zero-order chi connectivity index (χ0) is 14.8. The summed E-state index contributed by atoms with van der Waals surface area (Å²) in [4.78, 5) is 2.75. The summed E-state index contributed by atoms with van der Waals surface area (Å²) in [6.45, 7) is 14.0. The van der Waals surface area contributed by atoms with Gasteiger partial charge in [0.05, 0.1) is 0 Å². The highest BCUT2D eigenvalue weighted by atomic mass is 32.2. The molecule has 0 aliphatic carbocycles. The fourth-order valence-electron chi connectivity index (χ4n) is 3.90. The normalized spacial score (nSPS) is 28.6. The van der Waals surface area contributed by atoms with Gasteiger partial charge in [0.2, 0.25) is 0 Å². The van der Waals surface area contributed by atoms with Gasteiger partial charge in [0, 0.05) is 19.6 Å². The van der Waals surface area contributed by atoms with Crippen LogP contribution in [0.5, 0.6) is 0 Å². The summed E-state index contributed by atoms with van der Waals surface area (Å²) in [5.74, 6) is 1.86. The molecule has 2 nitrogen and oxygen atoms in total. The molecule has 3 heteroatoms. The number of piperidine rings is 2. The summed E-state index contributed by atoms with van der Waals surface area (Å²) in [6, 6.07) is 0. The SMILES string of the molecule is C[SH](C)N1CCC[C@@H](CN2CCC(C(C)(C)C)CC2)C1. The second-order valence-corrected chi connectivity index (χ2v) is 10.5. The molecule has 0 aromatic rings. The third kappa shape index (κ3) is 4.64. The first-order valence-electron chi connectivity index (χ1n) is 8.51. The van der Waals surface area contributed by atoms with Crippen LogP contribution in [0.15, 0.2) is 0 Å². The standard InChI is InChI=1S/C17H36N2S/c1-17(2,3)16-8-11-18(12-9-16)13-15-7-6-10-19(14-15)20(4)5/h15-16,20H,6-14H2,1-5H3/t15-/m0/s1. The van der Waals surface area contributed by atoms with Gasteiger partial charge in [-0.05, 0) is 68.5 Å². The lowest BCUT2D eigenvalue weighted by Crippen LogP contribution is -2.43. The van der Waals surface area contributed by atoms with E-state index in [0.29, 0.717) is 5.41 Å². The monoisotopic (exact) mass is 300 g/mol. The van der Waals surface area contributed by atoms with Crippen molar-refractivity contribution in [3.8, 4) is 0 Å². The molecular weight excluding hydrogens is 264 g/mol. The lowest BCUT2D eigenvalue weighted by molar-refractivity contribution is 0.0919. The second-order valence-electron chi connectivity index (χ2n) is 8.21. The highest BCUT2D eigenvalue weighted by Crippen LogP contribution is 2.35. The maximum absolute atomic E-state index is 2.75. The molecule has 2 aliphatic heterocycles. The van der Waals surface area contributed by atoms with Crippen molar-refractivity contribution in [3.63, 3.8) is 0 Å². The number of likely N-dealkylation sites (tertiary alicyclic amines) is 1. The molecule has 2 heterocycles. The van der Waals surface area contributed by atoms with Crippen molar-refractivity contribution in [2.24, 2.45) is 17.3 Å². The van der Waals surface area contributed by atoms with Crippen LogP contribution < -0.4 is 0 Å². The average molecular weight is 301 g/mol. The Balaban J connectivity index is 1.75. The summed E-state index contributed by atoms with van der Waals surface area (Å²) in [5, 5.41) is 0. The Morgan fingerprint density at radius 2 is 1.65 bits per heavy atom. The summed E-state index contributed by atoms with van der Waals surface area (Å²) in [5.41, 5.74) is 0.508. The minimum Gasteiger partial charge on any atom is -0.303 e. The molecule has 0 aromatic carbocycles. The maximum Gasteiger partial charge on any atom is 0.0112 e. The molecule has 2 saturated heterocycles. The molecule has 20 heavy (non-hydrogen) atoms. The van der Waals surface area contributed by atoms with Crippen LogP contribution in [0.25, 0.3) is 0 Å². The van der Waals surface area contributed by atoms with Crippen molar-refractivity contribution in [1.29, 1.82) is 0 Å². The zero-order valence-electron chi connectivity index (χ0n) is 14.4. The van der Waals surface area contributed by atoms with E-state index >= 15 is 0 Å². The first-order chi connectivity index (χ1) is 9.36. The second kappa shape index (κ2) is 7.02. The minimum atomic E-state index is 0.124. The molecule has 120 valence electrons. The van der Waals surface area contributed by atoms with Gasteiger partial charge in [-0.2, -0.15) is 0 Å². The van der Waals surface area contributed by atoms with Gasteiger partial charge in [-0.3, -0.25) is 4.31 Å². The lowest BCUT2D eigenvalue weighted by Gasteiger charge is -2.42. The van der Waals surface area contributed by atoms with Crippen LogP contribution in [0, 0.1) is 17.3 Å². The fourth-order valence-corrected chi connectivity index (χ4v) is 5.00. The number of thiol groups is 1. The van der Waals surface area contributed by atoms with E-state index in [1.54, 1.807) is 0 Å². The quantitative estimate of drug-likeness (QED) is 0.795. The number of hydrogen-bond donors (Lipinski definition) is 1. The van der Waals surface area contributed by atoms with Crippen LogP contribution >= 0.6 is 11.1 Å². The van der Waals surface area contributed by atoms with Crippen LogP contribution in [0.3, 0.4) is 0 Å². The van der Waals surface area contributed by atoms with Gasteiger partial charge in [-0.15, -0.1) is 0 Å². The van der Waals surface area contributed by atoms with Crippen LogP contribution in [-0.2, 0) is 0 Å². The Labute approximate surface area is 129 Å². The van der Waals surface area contributed by atoms with Crippen molar-refractivity contribution in [2.75, 3.05) is 45.2 Å². The third-order valence-corrected chi connectivity index (χ3v) is 6.89. The van der Waals surface area contributed by atoms with Gasteiger partial charge >= 0.3 is 0 Å². The third-order valence-electron chi connectivity index (χ3n) is 5.39. The van der Waals surface area contributed by atoms with E-state index < -0.39 is 0 Å². The summed E-state index contributed by atoms with van der Waals surface area (Å²) >= 11 is 0.124. The van der Waals surface area contributed by atoms with Crippen molar-refractivity contribution in [3.05, 3.63) is 0 Å². The average Bonchev–Trinajstić information content (AvgIpc) is 2.38. The Morgan fingerprint density at radius 3 is 2.20 bits per heavy atom. The molecular formula is C17H36N2S. The van der Waals surface area contributed by atoms with Crippen molar-refractivity contribution in [2.45, 2.75) is 46.5 Å². The van der Waals surface area contributed by atoms with Crippen LogP contribution in [-0.4, -0.2) is 54.4 Å². The van der Waals surface area contributed by atoms with E-state index in [9.17, 15) is 0 Å². The summed E-state index contributed by atoms with van der Waals surface area (Å²) < 4.78 is 2.74. The fraction of sp³-hybridized carbons (Fsp3) is 1.00. The lowest BCUT2D eigenvalue weighted by atomic mass is 9.75. The first kappa shape index (κ1) is 16.6. The maximum atomic E-state index is 2.75. The van der Waals surface area contributed by atoms with Crippen molar-refractivity contribution in [1.82, 2.24) is 9.21 Å². The van der Waals surface area contributed by atoms with Crippen molar-refractivity contribution >= 4 is 11.1 Å². The van der Waals surface area contributed by atoms with Crippen molar-refractivity contribution < 1.29 is 0 Å². The van der Waals surface area contributed by atoms with Crippen LogP contribution in [0.1, 0.15) is 46.5 Å². The Hall–Kier alpha value is 0.270. The largest absolute Gasteiger partial charge is 0.303 e. The van der Waals surface area contributed by atoms with Gasteiger partial charge in [-0.1, -0.05) is 20.8 Å². The molecule has 0 radical (unpaired) electrons. The molecule has 2 rings (SSSR count). The number of hydrogen-bond acceptors (Lipinski definition) is 2. The molecule has 1 atom stereocenters. The molecule has 0 spiro atoms. The molecule has 0 aromatic heterocycles. The molecule has 0 bridgehead atoms. The summed E-state index contributed by atoms with van der Waals surface area (Å²) in [6.07, 6.45) is 10.5. The van der Waals surface area contributed by atoms with E-state index in [2.05, 4.69) is 42.5 Å². The Morgan fingerprint density at radius 1 is 1.00 bits per heavy atom.